The molecule has 0 aliphatic carbocycles. The number of piperazine rings is 1. The second-order valence-corrected chi connectivity index (χ2v) is 6.26. The highest BCUT2D eigenvalue weighted by atomic mass is 16.2. The first-order valence-corrected chi connectivity index (χ1v) is 8.40. The number of carbonyl (C=O) groups is 3. The van der Waals surface area contributed by atoms with E-state index in [-0.39, 0.29) is 11.9 Å². The Morgan fingerprint density at radius 3 is 2.04 bits per heavy atom. The molecule has 1 aromatic carbocycles. The molecule has 0 spiro atoms. The molecule has 0 atom stereocenters. The number of nitrogens with zero attached hydrogens (tertiary/aromatic N) is 2. The topological polar surface area (TPSA) is 69.7 Å². The number of aryl methyl sites for hydroxylation is 1. The van der Waals surface area contributed by atoms with Gasteiger partial charge in [0.25, 0.3) is 5.91 Å². The minimum Gasteiger partial charge on any atom is -0.346 e. The molecule has 1 aliphatic rings. The highest BCUT2D eigenvalue weighted by Crippen LogP contribution is 2.11. The zero-order valence-corrected chi connectivity index (χ0v) is 14.5. The molecule has 6 nitrogen and oxygen atoms in total. The molecule has 130 valence electrons. The first kappa shape index (κ1) is 18.0. The number of nitrogens with one attached hydrogen (secondary N) is 1. The van der Waals surface area contributed by atoms with Gasteiger partial charge in [0.1, 0.15) is 0 Å². The van der Waals surface area contributed by atoms with Crippen molar-refractivity contribution in [1.29, 1.82) is 0 Å². The van der Waals surface area contributed by atoms with Crippen molar-refractivity contribution in [2.45, 2.75) is 33.2 Å². The van der Waals surface area contributed by atoms with Crippen LogP contribution in [-0.4, -0.2) is 59.7 Å². The van der Waals surface area contributed by atoms with Crippen LogP contribution in [0.1, 0.15) is 36.7 Å². The highest BCUT2D eigenvalue weighted by Gasteiger charge is 2.28. The summed E-state index contributed by atoms with van der Waals surface area (Å²) in [7, 11) is 0. The summed E-state index contributed by atoms with van der Waals surface area (Å²) in [5.74, 6) is -1.14. The van der Waals surface area contributed by atoms with E-state index in [1.807, 2.05) is 38.1 Å². The number of hydrogen-bond acceptors (Lipinski definition) is 3. The maximum atomic E-state index is 12.5. The summed E-state index contributed by atoms with van der Waals surface area (Å²) < 4.78 is 0. The monoisotopic (exact) mass is 331 g/mol. The molecule has 1 N–H and O–H groups in total. The Bertz CT molecular complexity index is 602. The van der Waals surface area contributed by atoms with Gasteiger partial charge in [-0.2, -0.15) is 0 Å². The van der Waals surface area contributed by atoms with Crippen LogP contribution in [0.4, 0.5) is 0 Å². The van der Waals surface area contributed by atoms with Crippen LogP contribution in [0, 0.1) is 0 Å². The summed E-state index contributed by atoms with van der Waals surface area (Å²) in [6, 6.07) is 7.53. The van der Waals surface area contributed by atoms with Gasteiger partial charge < -0.3 is 15.1 Å². The van der Waals surface area contributed by atoms with Crippen molar-refractivity contribution in [2.75, 3.05) is 26.2 Å². The largest absolute Gasteiger partial charge is 0.346 e. The van der Waals surface area contributed by atoms with E-state index in [2.05, 4.69) is 12.2 Å². The summed E-state index contributed by atoms with van der Waals surface area (Å²) in [5, 5.41) is 2.60. The molecular weight excluding hydrogens is 306 g/mol. The van der Waals surface area contributed by atoms with Gasteiger partial charge >= 0.3 is 11.8 Å². The predicted octanol–water partition coefficient (Wildman–Crippen LogP) is 1.06. The second kappa shape index (κ2) is 7.95. The van der Waals surface area contributed by atoms with Gasteiger partial charge in [0.2, 0.25) is 0 Å². The Balaban J connectivity index is 1.90. The molecule has 0 saturated carbocycles. The van der Waals surface area contributed by atoms with E-state index in [0.29, 0.717) is 31.7 Å². The smallest absolute Gasteiger partial charge is 0.312 e. The number of hydrogen-bond donors (Lipinski definition) is 1. The highest BCUT2D eigenvalue weighted by molar-refractivity contribution is 6.35. The number of carbonyl (C=O) groups excluding carboxylic acids is 3. The molecule has 1 aromatic rings. The molecule has 0 radical (unpaired) electrons. The molecule has 1 aliphatic heterocycles. The minimum atomic E-state index is -0.583. The van der Waals surface area contributed by atoms with Gasteiger partial charge in [0, 0.05) is 37.8 Å². The average Bonchev–Trinajstić information content (AvgIpc) is 2.60. The van der Waals surface area contributed by atoms with Gasteiger partial charge in [-0.1, -0.05) is 19.1 Å². The van der Waals surface area contributed by atoms with Crippen molar-refractivity contribution in [3.8, 4) is 0 Å². The van der Waals surface area contributed by atoms with Gasteiger partial charge in [-0.25, -0.2) is 0 Å². The third-order valence-electron chi connectivity index (χ3n) is 4.08. The lowest BCUT2D eigenvalue weighted by Gasteiger charge is -2.34. The summed E-state index contributed by atoms with van der Waals surface area (Å²) >= 11 is 0. The molecule has 3 amide bonds. The van der Waals surface area contributed by atoms with Crippen LogP contribution in [0.3, 0.4) is 0 Å². The van der Waals surface area contributed by atoms with E-state index < -0.39 is 11.8 Å². The third-order valence-corrected chi connectivity index (χ3v) is 4.08. The normalized spacial score (nSPS) is 14.7. The van der Waals surface area contributed by atoms with Crippen molar-refractivity contribution in [2.24, 2.45) is 0 Å². The quantitative estimate of drug-likeness (QED) is 0.842. The predicted molar refractivity (Wildman–Crippen MR) is 91.6 cm³/mol. The molecule has 0 bridgehead atoms. The lowest BCUT2D eigenvalue weighted by molar-refractivity contribution is -0.147. The molecule has 0 aromatic heterocycles. The molecular formula is C18H25N3O3. The Morgan fingerprint density at radius 1 is 1.00 bits per heavy atom. The lowest BCUT2D eigenvalue weighted by atomic mass is 10.1. The first-order valence-electron chi connectivity index (χ1n) is 8.40. The van der Waals surface area contributed by atoms with Crippen molar-refractivity contribution in [1.82, 2.24) is 15.1 Å². The lowest BCUT2D eigenvalue weighted by Crippen LogP contribution is -2.54. The molecule has 6 heteroatoms. The van der Waals surface area contributed by atoms with E-state index in [9.17, 15) is 14.4 Å². The Morgan fingerprint density at radius 2 is 1.54 bits per heavy atom. The van der Waals surface area contributed by atoms with E-state index in [4.69, 9.17) is 0 Å². The van der Waals surface area contributed by atoms with E-state index >= 15 is 0 Å². The Labute approximate surface area is 142 Å². The summed E-state index contributed by atoms with van der Waals surface area (Å²) in [6.45, 7) is 7.33. The number of amides is 3. The van der Waals surface area contributed by atoms with E-state index in [0.717, 1.165) is 6.42 Å². The van der Waals surface area contributed by atoms with Crippen LogP contribution in [0.15, 0.2) is 24.3 Å². The number of benzene rings is 1. The zero-order valence-electron chi connectivity index (χ0n) is 14.5. The Kier molecular flexibility index (Phi) is 5.95. The standard InChI is InChI=1S/C18H25N3O3/c1-4-14-5-7-15(8-6-14)17(23)20-9-11-21(12-10-20)18(24)16(22)19-13(2)3/h5-8,13H,4,9-12H2,1-3H3,(H,19,22). The molecule has 1 fully saturated rings. The minimum absolute atomic E-state index is 0.0311. The zero-order chi connectivity index (χ0) is 17.7. The molecule has 24 heavy (non-hydrogen) atoms. The van der Waals surface area contributed by atoms with Crippen molar-refractivity contribution in [3.63, 3.8) is 0 Å². The van der Waals surface area contributed by atoms with Gasteiger partial charge in [0.05, 0.1) is 0 Å². The fraction of sp³-hybridized carbons (Fsp3) is 0.500. The second-order valence-electron chi connectivity index (χ2n) is 6.26. The summed E-state index contributed by atoms with van der Waals surface area (Å²) in [4.78, 5) is 39.6. The van der Waals surface area contributed by atoms with Crippen LogP contribution in [0.5, 0.6) is 0 Å². The van der Waals surface area contributed by atoms with Crippen molar-refractivity contribution >= 4 is 17.7 Å². The maximum Gasteiger partial charge on any atom is 0.312 e. The Hall–Kier alpha value is -2.37. The van der Waals surface area contributed by atoms with E-state index in [1.165, 1.54) is 10.5 Å². The van der Waals surface area contributed by atoms with Crippen LogP contribution in [-0.2, 0) is 16.0 Å². The van der Waals surface area contributed by atoms with Crippen LogP contribution in [0.25, 0.3) is 0 Å². The third kappa shape index (κ3) is 4.34. The number of rotatable bonds is 3. The van der Waals surface area contributed by atoms with Crippen LogP contribution >= 0.6 is 0 Å². The first-order chi connectivity index (χ1) is 11.4. The molecule has 1 saturated heterocycles. The van der Waals surface area contributed by atoms with Crippen LogP contribution < -0.4 is 5.32 Å². The molecule has 2 rings (SSSR count). The SMILES string of the molecule is CCc1ccc(C(=O)N2CCN(C(=O)C(=O)NC(C)C)CC2)cc1. The fourth-order valence-corrected chi connectivity index (χ4v) is 2.65. The van der Waals surface area contributed by atoms with Crippen molar-refractivity contribution in [3.05, 3.63) is 35.4 Å². The van der Waals surface area contributed by atoms with Gasteiger partial charge in [-0.15, -0.1) is 0 Å². The van der Waals surface area contributed by atoms with Crippen molar-refractivity contribution < 1.29 is 14.4 Å². The summed E-state index contributed by atoms with van der Waals surface area (Å²) in [5.41, 5.74) is 1.85. The molecule has 0 unspecified atom stereocenters. The summed E-state index contributed by atoms with van der Waals surface area (Å²) in [6.07, 6.45) is 0.938. The van der Waals surface area contributed by atoms with Gasteiger partial charge in [-0.3, -0.25) is 14.4 Å². The van der Waals surface area contributed by atoms with Gasteiger partial charge in [-0.05, 0) is 38.0 Å². The van der Waals surface area contributed by atoms with Gasteiger partial charge in [0.15, 0.2) is 0 Å². The van der Waals surface area contributed by atoms with E-state index in [1.54, 1.807) is 4.90 Å². The average molecular weight is 331 g/mol. The fourth-order valence-electron chi connectivity index (χ4n) is 2.65. The van der Waals surface area contributed by atoms with Crippen LogP contribution in [0.2, 0.25) is 0 Å². The maximum absolute atomic E-state index is 12.5. The molecule has 1 heterocycles.